The molecule has 0 aliphatic heterocycles. The summed E-state index contributed by atoms with van der Waals surface area (Å²) in [6.07, 6.45) is 0.666. The normalized spacial score (nSPS) is 10.7. The fourth-order valence-electron chi connectivity index (χ4n) is 1.71. The molecule has 0 spiro atoms. The van der Waals surface area contributed by atoms with Gasteiger partial charge in [-0.05, 0) is 24.5 Å². The molecule has 1 aromatic carbocycles. The van der Waals surface area contributed by atoms with Gasteiger partial charge in [0, 0.05) is 25.8 Å². The third kappa shape index (κ3) is 7.69. The molecule has 2 amide bonds. The second-order valence-electron chi connectivity index (χ2n) is 5.48. The maximum absolute atomic E-state index is 13.4. The molecule has 5 nitrogen and oxygen atoms in total. The number of hydrogen-bond donors (Lipinski definition) is 2. The van der Waals surface area contributed by atoms with E-state index in [2.05, 4.69) is 24.5 Å². The van der Waals surface area contributed by atoms with E-state index in [-0.39, 0.29) is 18.0 Å². The molecule has 0 aliphatic carbocycles. The predicted molar refractivity (Wildman–Crippen MR) is 82.0 cm³/mol. The minimum Gasteiger partial charge on any atom is -0.381 e. The Balaban J connectivity index is 2.21. The Morgan fingerprint density at radius 3 is 2.61 bits per heavy atom. The Labute approximate surface area is 134 Å². The lowest BCUT2D eigenvalue weighted by atomic mass is 10.2. The van der Waals surface area contributed by atoms with Crippen LogP contribution in [0.3, 0.4) is 0 Å². The van der Waals surface area contributed by atoms with Gasteiger partial charge >= 0.3 is 0 Å². The average Bonchev–Trinajstić information content (AvgIpc) is 2.48. The zero-order valence-corrected chi connectivity index (χ0v) is 13.3. The van der Waals surface area contributed by atoms with E-state index in [1.807, 2.05) is 0 Å². The summed E-state index contributed by atoms with van der Waals surface area (Å²) in [5.74, 6) is -2.42. The molecular formula is C16H22F2N2O3. The molecule has 0 bridgehead atoms. The van der Waals surface area contributed by atoms with Crippen molar-refractivity contribution < 1.29 is 23.1 Å². The van der Waals surface area contributed by atoms with E-state index in [9.17, 15) is 18.4 Å². The summed E-state index contributed by atoms with van der Waals surface area (Å²) >= 11 is 0. The fourth-order valence-corrected chi connectivity index (χ4v) is 1.71. The molecule has 0 saturated heterocycles. The van der Waals surface area contributed by atoms with Crippen molar-refractivity contribution in [2.45, 2.75) is 20.3 Å². The summed E-state index contributed by atoms with van der Waals surface area (Å²) in [5, 5.41) is 4.90. The molecule has 0 unspecified atom stereocenters. The van der Waals surface area contributed by atoms with Gasteiger partial charge in [-0.15, -0.1) is 0 Å². The molecule has 2 N–H and O–H groups in total. The van der Waals surface area contributed by atoms with Crippen LogP contribution in [0.2, 0.25) is 0 Å². The van der Waals surface area contributed by atoms with E-state index >= 15 is 0 Å². The Morgan fingerprint density at radius 1 is 1.22 bits per heavy atom. The smallest absolute Gasteiger partial charge is 0.254 e. The summed E-state index contributed by atoms with van der Waals surface area (Å²) in [7, 11) is 0. The first-order chi connectivity index (χ1) is 10.9. The number of amides is 2. The minimum absolute atomic E-state index is 0.275. The van der Waals surface area contributed by atoms with Crippen LogP contribution in [0.1, 0.15) is 30.6 Å². The lowest BCUT2D eigenvalue weighted by Crippen LogP contribution is -2.37. The molecule has 1 aromatic rings. The highest BCUT2D eigenvalue weighted by atomic mass is 19.1. The first-order valence-electron chi connectivity index (χ1n) is 7.48. The van der Waals surface area contributed by atoms with E-state index in [1.54, 1.807) is 0 Å². The molecule has 23 heavy (non-hydrogen) atoms. The molecule has 0 saturated carbocycles. The van der Waals surface area contributed by atoms with Crippen molar-refractivity contribution in [3.05, 3.63) is 35.4 Å². The summed E-state index contributed by atoms with van der Waals surface area (Å²) < 4.78 is 31.5. The molecule has 7 heteroatoms. The second-order valence-corrected chi connectivity index (χ2v) is 5.48. The molecule has 0 aliphatic rings. The maximum Gasteiger partial charge on any atom is 0.254 e. The van der Waals surface area contributed by atoms with E-state index < -0.39 is 17.5 Å². The van der Waals surface area contributed by atoms with Crippen molar-refractivity contribution in [1.29, 1.82) is 0 Å². The molecule has 1 rings (SSSR count). The van der Waals surface area contributed by atoms with Crippen LogP contribution in [0.4, 0.5) is 8.78 Å². The maximum atomic E-state index is 13.4. The lowest BCUT2D eigenvalue weighted by molar-refractivity contribution is -0.120. The van der Waals surface area contributed by atoms with Crippen LogP contribution in [-0.4, -0.2) is 38.1 Å². The molecule has 0 radical (unpaired) electrons. The number of carbonyl (C=O) groups is 2. The largest absolute Gasteiger partial charge is 0.381 e. The van der Waals surface area contributed by atoms with E-state index in [1.165, 1.54) is 0 Å². The zero-order chi connectivity index (χ0) is 17.2. The monoisotopic (exact) mass is 328 g/mol. The van der Waals surface area contributed by atoms with Gasteiger partial charge < -0.3 is 15.4 Å². The van der Waals surface area contributed by atoms with Gasteiger partial charge in [-0.25, -0.2) is 8.78 Å². The SMILES string of the molecule is CC(C)COCCCNC(=O)CNC(=O)c1ccc(F)cc1F. The number of carbonyl (C=O) groups excluding carboxylic acids is 2. The lowest BCUT2D eigenvalue weighted by Gasteiger charge is -2.09. The van der Waals surface area contributed by atoms with Gasteiger partial charge in [-0.2, -0.15) is 0 Å². The Bertz CT molecular complexity index is 536. The zero-order valence-electron chi connectivity index (χ0n) is 13.3. The van der Waals surface area contributed by atoms with Crippen molar-refractivity contribution >= 4 is 11.8 Å². The van der Waals surface area contributed by atoms with Crippen LogP contribution < -0.4 is 10.6 Å². The van der Waals surface area contributed by atoms with Crippen molar-refractivity contribution in [1.82, 2.24) is 10.6 Å². The molecule has 0 aromatic heterocycles. The Kier molecular flexibility index (Phi) is 8.18. The van der Waals surface area contributed by atoms with Crippen LogP contribution in [0.5, 0.6) is 0 Å². The molecule has 128 valence electrons. The highest BCUT2D eigenvalue weighted by molar-refractivity contribution is 5.96. The topological polar surface area (TPSA) is 67.4 Å². The summed E-state index contributed by atoms with van der Waals surface area (Å²) in [4.78, 5) is 23.2. The third-order valence-electron chi connectivity index (χ3n) is 2.82. The van der Waals surface area contributed by atoms with Crippen LogP contribution >= 0.6 is 0 Å². The predicted octanol–water partition coefficient (Wildman–Crippen LogP) is 1.87. The number of hydrogen-bond acceptors (Lipinski definition) is 3. The van der Waals surface area contributed by atoms with Gasteiger partial charge in [0.15, 0.2) is 0 Å². The van der Waals surface area contributed by atoms with Gasteiger partial charge in [0.25, 0.3) is 5.91 Å². The minimum atomic E-state index is -0.967. The molecule has 0 fully saturated rings. The summed E-state index contributed by atoms with van der Waals surface area (Å²) in [5.41, 5.74) is -0.304. The fraction of sp³-hybridized carbons (Fsp3) is 0.500. The standard InChI is InChI=1S/C16H22F2N2O3/c1-11(2)10-23-7-3-6-19-15(21)9-20-16(22)13-5-4-12(17)8-14(13)18/h4-5,8,11H,3,6-7,9-10H2,1-2H3,(H,19,21)(H,20,22). The van der Waals surface area contributed by atoms with Gasteiger partial charge in [0.2, 0.25) is 5.91 Å². The molecule has 0 atom stereocenters. The van der Waals surface area contributed by atoms with E-state index in [4.69, 9.17) is 4.74 Å². The number of halogens is 2. The number of rotatable bonds is 9. The Morgan fingerprint density at radius 2 is 1.96 bits per heavy atom. The molecular weight excluding hydrogens is 306 g/mol. The first-order valence-corrected chi connectivity index (χ1v) is 7.48. The quantitative estimate of drug-likeness (QED) is 0.680. The molecule has 0 heterocycles. The van der Waals surface area contributed by atoms with Crippen LogP contribution in [0.25, 0.3) is 0 Å². The van der Waals surface area contributed by atoms with Crippen molar-refractivity contribution in [3.63, 3.8) is 0 Å². The Hall–Kier alpha value is -2.02. The van der Waals surface area contributed by atoms with Gasteiger partial charge in [-0.3, -0.25) is 9.59 Å². The van der Waals surface area contributed by atoms with Crippen LogP contribution in [0, 0.1) is 17.6 Å². The number of nitrogens with one attached hydrogen (secondary N) is 2. The van der Waals surface area contributed by atoms with Gasteiger partial charge in [0.1, 0.15) is 11.6 Å². The second kappa shape index (κ2) is 9.89. The van der Waals surface area contributed by atoms with E-state index in [0.717, 1.165) is 12.1 Å². The van der Waals surface area contributed by atoms with Crippen molar-refractivity contribution in [2.24, 2.45) is 5.92 Å². The number of ether oxygens (including phenoxy) is 1. The van der Waals surface area contributed by atoms with Crippen molar-refractivity contribution in [2.75, 3.05) is 26.3 Å². The first kappa shape index (κ1) is 19.0. The van der Waals surface area contributed by atoms with Gasteiger partial charge in [-0.1, -0.05) is 13.8 Å². The average molecular weight is 328 g/mol. The van der Waals surface area contributed by atoms with E-state index in [0.29, 0.717) is 38.2 Å². The van der Waals surface area contributed by atoms with Gasteiger partial charge in [0.05, 0.1) is 12.1 Å². The van der Waals surface area contributed by atoms with Crippen molar-refractivity contribution in [3.8, 4) is 0 Å². The highest BCUT2D eigenvalue weighted by Gasteiger charge is 2.13. The summed E-state index contributed by atoms with van der Waals surface area (Å²) in [6.45, 7) is 5.47. The van der Waals surface area contributed by atoms with Crippen LogP contribution in [0.15, 0.2) is 18.2 Å². The summed E-state index contributed by atoms with van der Waals surface area (Å²) in [6, 6.07) is 2.63. The highest BCUT2D eigenvalue weighted by Crippen LogP contribution is 2.08. The van der Waals surface area contributed by atoms with Crippen LogP contribution in [-0.2, 0) is 9.53 Å². The number of benzene rings is 1. The third-order valence-corrected chi connectivity index (χ3v) is 2.82.